The van der Waals surface area contributed by atoms with Gasteiger partial charge in [-0.3, -0.25) is 4.79 Å². The quantitative estimate of drug-likeness (QED) is 0.430. The van der Waals surface area contributed by atoms with Crippen molar-refractivity contribution >= 4 is 10.9 Å². The topological polar surface area (TPSA) is 90.2 Å². The maximum atomic E-state index is 13.5. The van der Waals surface area contributed by atoms with Crippen LogP contribution in [0.25, 0.3) is 22.2 Å². The molecule has 0 aliphatic carbocycles. The first-order valence-electron chi connectivity index (χ1n) is 11.3. The lowest BCUT2D eigenvalue weighted by atomic mass is 9.97. The third kappa shape index (κ3) is 4.72. The first kappa shape index (κ1) is 24.3. The number of aromatic nitrogens is 1. The van der Waals surface area contributed by atoms with Crippen LogP contribution in [0.4, 0.5) is 0 Å². The number of unbranched alkanes of at least 4 members (excludes halogenated alkanes) is 1. The molecule has 1 heterocycles. The van der Waals surface area contributed by atoms with Crippen LogP contribution in [0.1, 0.15) is 39.5 Å². The molecule has 1 atom stereocenters. The number of benzene rings is 2. The van der Waals surface area contributed by atoms with Crippen molar-refractivity contribution in [2.45, 2.75) is 46.1 Å². The Hall–Kier alpha value is -3.35. The number of aromatic hydroxyl groups is 2. The lowest BCUT2D eigenvalue weighted by Crippen LogP contribution is -2.19. The van der Waals surface area contributed by atoms with Crippen LogP contribution in [0.3, 0.4) is 0 Å². The number of phenolic OH excluding ortho intramolecular Hbond substituents is 2. The minimum absolute atomic E-state index is 0.00333. The zero-order valence-electron chi connectivity index (χ0n) is 20.0. The minimum atomic E-state index is -0.410. The van der Waals surface area contributed by atoms with E-state index in [-0.39, 0.29) is 22.6 Å². The van der Waals surface area contributed by atoms with E-state index in [1.807, 2.05) is 4.57 Å². The second-order valence-corrected chi connectivity index (χ2v) is 8.17. The largest absolute Gasteiger partial charge is 0.507 e. The molecule has 7 nitrogen and oxygen atoms in total. The van der Waals surface area contributed by atoms with Crippen molar-refractivity contribution in [3.05, 3.63) is 40.6 Å². The number of hydrogen-bond donors (Lipinski definition) is 2. The summed E-state index contributed by atoms with van der Waals surface area (Å²) in [6, 6.07) is 8.14. The number of methoxy groups -OCH3 is 3. The zero-order valence-corrected chi connectivity index (χ0v) is 20.0. The molecule has 178 valence electrons. The van der Waals surface area contributed by atoms with Gasteiger partial charge in [-0.25, -0.2) is 0 Å². The van der Waals surface area contributed by atoms with Gasteiger partial charge in [0.2, 0.25) is 5.43 Å². The minimum Gasteiger partial charge on any atom is -0.507 e. The van der Waals surface area contributed by atoms with Gasteiger partial charge in [0, 0.05) is 24.2 Å². The zero-order chi connectivity index (χ0) is 24.1. The first-order valence-corrected chi connectivity index (χ1v) is 11.3. The molecule has 33 heavy (non-hydrogen) atoms. The fourth-order valence-corrected chi connectivity index (χ4v) is 4.28. The molecule has 3 aromatic rings. The van der Waals surface area contributed by atoms with E-state index in [1.165, 1.54) is 33.5 Å². The fraction of sp³-hybridized carbons (Fsp3) is 0.423. The van der Waals surface area contributed by atoms with E-state index in [1.54, 1.807) is 18.2 Å². The van der Waals surface area contributed by atoms with Gasteiger partial charge in [0.25, 0.3) is 0 Å². The van der Waals surface area contributed by atoms with E-state index in [4.69, 9.17) is 14.2 Å². The molecule has 0 amide bonds. The van der Waals surface area contributed by atoms with Crippen molar-refractivity contribution in [1.29, 1.82) is 0 Å². The first-order chi connectivity index (χ1) is 15.9. The number of nitrogens with zero attached hydrogens (tertiary/aromatic N) is 1. The monoisotopic (exact) mass is 455 g/mol. The molecule has 0 radical (unpaired) electrons. The van der Waals surface area contributed by atoms with Gasteiger partial charge in [0.05, 0.1) is 37.9 Å². The van der Waals surface area contributed by atoms with Crippen molar-refractivity contribution in [3.63, 3.8) is 0 Å². The summed E-state index contributed by atoms with van der Waals surface area (Å²) in [4.78, 5) is 13.5. The van der Waals surface area contributed by atoms with Crippen LogP contribution >= 0.6 is 0 Å². The highest BCUT2D eigenvalue weighted by Crippen LogP contribution is 2.39. The number of rotatable bonds is 10. The number of hydrogen-bond acceptors (Lipinski definition) is 6. The van der Waals surface area contributed by atoms with Crippen LogP contribution in [-0.2, 0) is 6.54 Å². The summed E-state index contributed by atoms with van der Waals surface area (Å²) in [6.45, 7) is 4.94. The second kappa shape index (κ2) is 10.5. The lowest BCUT2D eigenvalue weighted by Gasteiger charge is -2.25. The van der Waals surface area contributed by atoms with Gasteiger partial charge in [0.1, 0.15) is 11.5 Å². The molecule has 1 unspecified atom stereocenters. The molecular formula is C26H33NO6. The average Bonchev–Trinajstić information content (AvgIpc) is 2.82. The van der Waals surface area contributed by atoms with Crippen molar-refractivity contribution in [1.82, 2.24) is 4.57 Å². The van der Waals surface area contributed by atoms with E-state index in [2.05, 4.69) is 13.8 Å². The van der Waals surface area contributed by atoms with Crippen molar-refractivity contribution in [2.75, 3.05) is 21.3 Å². The Morgan fingerprint density at radius 2 is 1.73 bits per heavy atom. The predicted octanol–water partition coefficient (Wildman–Crippen LogP) is 5.32. The summed E-state index contributed by atoms with van der Waals surface area (Å²) in [6.07, 6.45) is 4.20. The predicted molar refractivity (Wildman–Crippen MR) is 130 cm³/mol. The highest BCUT2D eigenvalue weighted by molar-refractivity contribution is 5.91. The second-order valence-electron chi connectivity index (χ2n) is 8.17. The summed E-state index contributed by atoms with van der Waals surface area (Å²) in [5, 5.41) is 21.0. The van der Waals surface area contributed by atoms with Gasteiger partial charge >= 0.3 is 0 Å². The Balaban J connectivity index is 2.43. The number of fused-ring (bicyclic) bond motifs is 1. The van der Waals surface area contributed by atoms with Gasteiger partial charge < -0.3 is 29.0 Å². The normalized spacial score (nSPS) is 12.0. The molecule has 2 aromatic carbocycles. The summed E-state index contributed by atoms with van der Waals surface area (Å²) in [5.74, 6) is 1.07. The van der Waals surface area contributed by atoms with Gasteiger partial charge in [-0.15, -0.1) is 0 Å². The lowest BCUT2D eigenvalue weighted by molar-refractivity contribution is 0.373. The summed E-state index contributed by atoms with van der Waals surface area (Å²) in [7, 11) is 4.45. The summed E-state index contributed by atoms with van der Waals surface area (Å²) >= 11 is 0. The van der Waals surface area contributed by atoms with Crippen LogP contribution in [0.2, 0.25) is 0 Å². The van der Waals surface area contributed by atoms with Crippen LogP contribution in [0, 0.1) is 5.92 Å². The van der Waals surface area contributed by atoms with Gasteiger partial charge in [-0.2, -0.15) is 0 Å². The Morgan fingerprint density at radius 1 is 0.970 bits per heavy atom. The molecular weight excluding hydrogens is 422 g/mol. The van der Waals surface area contributed by atoms with Gasteiger partial charge in [-0.1, -0.05) is 33.1 Å². The standard InChI is InChI=1S/C26H33NO6/c1-6-8-9-16(7-2)15-27-19-13-18(31-3)14-21(29)23(19)25(30)26(33-5)24(27)17-10-11-20(28)22(12-17)32-4/h10-14,16,28-29H,6-9,15H2,1-5H3. The van der Waals surface area contributed by atoms with E-state index in [0.717, 1.165) is 25.7 Å². The van der Waals surface area contributed by atoms with Crippen molar-refractivity contribution in [3.8, 4) is 40.0 Å². The summed E-state index contributed by atoms with van der Waals surface area (Å²) in [5.41, 5.74) is 1.38. The maximum absolute atomic E-state index is 13.5. The third-order valence-electron chi connectivity index (χ3n) is 6.16. The van der Waals surface area contributed by atoms with Crippen molar-refractivity contribution < 1.29 is 24.4 Å². The molecule has 3 rings (SSSR count). The van der Waals surface area contributed by atoms with Gasteiger partial charge in [0.15, 0.2) is 17.2 Å². The fourth-order valence-electron chi connectivity index (χ4n) is 4.28. The molecule has 7 heteroatoms. The molecule has 0 bridgehead atoms. The number of ether oxygens (including phenoxy) is 3. The van der Waals surface area contributed by atoms with Crippen LogP contribution in [0.15, 0.2) is 35.1 Å². The molecule has 0 aliphatic rings. The van der Waals surface area contributed by atoms with Crippen LogP contribution in [0.5, 0.6) is 28.7 Å². The molecule has 0 spiro atoms. The Kier molecular flexibility index (Phi) is 7.74. The maximum Gasteiger partial charge on any atom is 0.235 e. The Morgan fingerprint density at radius 3 is 2.33 bits per heavy atom. The summed E-state index contributed by atoms with van der Waals surface area (Å²) < 4.78 is 18.3. The highest BCUT2D eigenvalue weighted by Gasteiger charge is 2.24. The molecule has 0 saturated heterocycles. The van der Waals surface area contributed by atoms with E-state index < -0.39 is 5.43 Å². The molecule has 0 fully saturated rings. The molecule has 2 N–H and O–H groups in total. The van der Waals surface area contributed by atoms with Gasteiger partial charge in [-0.05, 0) is 30.5 Å². The number of pyridine rings is 1. The van der Waals surface area contributed by atoms with E-state index >= 15 is 0 Å². The Labute approximate surface area is 194 Å². The Bertz CT molecular complexity index is 1180. The number of phenols is 2. The van der Waals surface area contributed by atoms with Crippen LogP contribution in [-0.4, -0.2) is 36.1 Å². The third-order valence-corrected chi connectivity index (χ3v) is 6.16. The highest BCUT2D eigenvalue weighted by atomic mass is 16.5. The molecule has 0 saturated carbocycles. The molecule has 0 aliphatic heterocycles. The van der Waals surface area contributed by atoms with Crippen molar-refractivity contribution in [2.24, 2.45) is 5.92 Å². The van der Waals surface area contributed by atoms with Crippen LogP contribution < -0.4 is 19.6 Å². The SMILES string of the molecule is CCCCC(CC)Cn1c(-c2ccc(O)c(OC)c2)c(OC)c(=O)c2c(O)cc(OC)cc21. The van der Waals surface area contributed by atoms with E-state index in [0.29, 0.717) is 40.7 Å². The molecule has 1 aromatic heterocycles. The van der Waals surface area contributed by atoms with E-state index in [9.17, 15) is 15.0 Å². The average molecular weight is 456 g/mol. The smallest absolute Gasteiger partial charge is 0.235 e.